The molecule has 0 aliphatic heterocycles. The van der Waals surface area contributed by atoms with Crippen molar-refractivity contribution in [3.8, 4) is 0 Å². The van der Waals surface area contributed by atoms with E-state index in [0.717, 1.165) is 6.42 Å². The highest BCUT2D eigenvalue weighted by Gasteiger charge is 2.10. The highest BCUT2D eigenvalue weighted by atomic mass is 35.5. The summed E-state index contributed by atoms with van der Waals surface area (Å²) in [5, 5.41) is 14.5. The smallest absolute Gasteiger partial charge is 0.270 e. The molecular formula is C11H15Cl2N5O2. The number of benzene rings is 1. The SMILES string of the molecule is Cl.Cl.NCCCNc1ncnc2ccc([N+](=O)[O-])cc12. The summed E-state index contributed by atoms with van der Waals surface area (Å²) in [6.45, 7) is 1.25. The molecule has 0 atom stereocenters. The van der Waals surface area contributed by atoms with Crippen molar-refractivity contribution in [1.29, 1.82) is 0 Å². The Morgan fingerprint density at radius 2 is 2.05 bits per heavy atom. The summed E-state index contributed by atoms with van der Waals surface area (Å²) in [5.74, 6) is 0.595. The van der Waals surface area contributed by atoms with Crippen molar-refractivity contribution >= 4 is 47.2 Å². The molecule has 1 aromatic carbocycles. The Bertz CT molecular complexity index is 582. The van der Waals surface area contributed by atoms with Crippen LogP contribution in [0.15, 0.2) is 24.5 Å². The minimum atomic E-state index is -0.434. The summed E-state index contributed by atoms with van der Waals surface area (Å²) >= 11 is 0. The van der Waals surface area contributed by atoms with Gasteiger partial charge in [-0.15, -0.1) is 24.8 Å². The molecule has 20 heavy (non-hydrogen) atoms. The van der Waals surface area contributed by atoms with Crippen LogP contribution in [0.25, 0.3) is 10.9 Å². The summed E-state index contributed by atoms with van der Waals surface area (Å²) in [5.41, 5.74) is 6.11. The monoisotopic (exact) mass is 319 g/mol. The number of nitro groups is 1. The number of rotatable bonds is 5. The molecule has 7 nitrogen and oxygen atoms in total. The van der Waals surface area contributed by atoms with Gasteiger partial charge in [-0.2, -0.15) is 0 Å². The first kappa shape index (κ1) is 18.3. The number of nitro benzene ring substituents is 1. The Hall–Kier alpha value is -1.70. The van der Waals surface area contributed by atoms with Crippen LogP contribution in [0.1, 0.15) is 6.42 Å². The van der Waals surface area contributed by atoms with Gasteiger partial charge >= 0.3 is 0 Å². The number of halogens is 2. The number of anilines is 1. The summed E-state index contributed by atoms with van der Waals surface area (Å²) in [6, 6.07) is 4.52. The average molecular weight is 320 g/mol. The molecule has 0 saturated heterocycles. The molecule has 0 bridgehead atoms. The second-order valence-corrected chi connectivity index (χ2v) is 3.75. The van der Waals surface area contributed by atoms with Gasteiger partial charge in [0.1, 0.15) is 12.1 Å². The molecular weight excluding hydrogens is 305 g/mol. The predicted molar refractivity (Wildman–Crippen MR) is 82.8 cm³/mol. The van der Waals surface area contributed by atoms with Crippen molar-refractivity contribution in [2.45, 2.75) is 6.42 Å². The number of nitrogens with two attached hydrogens (primary N) is 1. The average Bonchev–Trinajstić information content (AvgIpc) is 2.38. The lowest BCUT2D eigenvalue weighted by molar-refractivity contribution is -0.384. The van der Waals surface area contributed by atoms with Gasteiger partial charge in [-0.25, -0.2) is 9.97 Å². The molecule has 2 rings (SSSR count). The van der Waals surface area contributed by atoms with Crippen LogP contribution in [0, 0.1) is 10.1 Å². The van der Waals surface area contributed by atoms with Gasteiger partial charge in [-0.05, 0) is 19.0 Å². The molecule has 0 saturated carbocycles. The maximum absolute atomic E-state index is 10.7. The molecule has 0 radical (unpaired) electrons. The zero-order valence-corrected chi connectivity index (χ0v) is 12.1. The third kappa shape index (κ3) is 4.16. The van der Waals surface area contributed by atoms with Crippen LogP contribution < -0.4 is 11.1 Å². The van der Waals surface area contributed by atoms with Crippen molar-refractivity contribution in [3.05, 3.63) is 34.6 Å². The number of nitrogens with one attached hydrogen (secondary N) is 1. The highest BCUT2D eigenvalue weighted by molar-refractivity contribution is 5.90. The Labute approximate surface area is 127 Å². The number of hydrogen-bond acceptors (Lipinski definition) is 6. The first-order valence-electron chi connectivity index (χ1n) is 5.55. The maximum Gasteiger partial charge on any atom is 0.270 e. The summed E-state index contributed by atoms with van der Waals surface area (Å²) in [6.07, 6.45) is 2.24. The lowest BCUT2D eigenvalue weighted by Crippen LogP contribution is -2.09. The second-order valence-electron chi connectivity index (χ2n) is 3.75. The van der Waals surface area contributed by atoms with E-state index < -0.39 is 4.92 Å². The minimum Gasteiger partial charge on any atom is -0.369 e. The molecule has 2 aromatic rings. The fraction of sp³-hybridized carbons (Fsp3) is 0.273. The largest absolute Gasteiger partial charge is 0.369 e. The predicted octanol–water partition coefficient (Wildman–Crippen LogP) is 2.14. The summed E-state index contributed by atoms with van der Waals surface area (Å²) in [7, 11) is 0. The first-order chi connectivity index (χ1) is 8.72. The summed E-state index contributed by atoms with van der Waals surface area (Å²) < 4.78 is 0. The molecule has 1 heterocycles. The van der Waals surface area contributed by atoms with E-state index in [2.05, 4.69) is 15.3 Å². The molecule has 9 heteroatoms. The van der Waals surface area contributed by atoms with Crippen LogP contribution in [0.2, 0.25) is 0 Å². The van der Waals surface area contributed by atoms with Crippen molar-refractivity contribution in [2.75, 3.05) is 18.4 Å². The van der Waals surface area contributed by atoms with Crippen LogP contribution in [0.4, 0.5) is 11.5 Å². The quantitative estimate of drug-likeness (QED) is 0.496. The van der Waals surface area contributed by atoms with Crippen molar-refractivity contribution < 1.29 is 4.92 Å². The lowest BCUT2D eigenvalue weighted by Gasteiger charge is -2.07. The van der Waals surface area contributed by atoms with Crippen LogP contribution in [0.5, 0.6) is 0 Å². The number of hydrogen-bond donors (Lipinski definition) is 2. The fourth-order valence-electron chi connectivity index (χ4n) is 1.61. The van der Waals surface area contributed by atoms with E-state index in [1.807, 2.05) is 0 Å². The Balaban J connectivity index is 0.00000180. The minimum absolute atomic E-state index is 0. The highest BCUT2D eigenvalue weighted by Crippen LogP contribution is 2.23. The number of non-ortho nitro benzene ring substituents is 1. The second kappa shape index (κ2) is 8.47. The Morgan fingerprint density at radius 1 is 1.30 bits per heavy atom. The molecule has 0 fully saturated rings. The van der Waals surface area contributed by atoms with Gasteiger partial charge < -0.3 is 11.1 Å². The standard InChI is InChI=1S/C11H13N5O2.2ClH/c12-4-1-5-13-11-9-6-8(16(17)18)2-3-10(9)14-7-15-11;;/h2-3,6-7H,1,4-5,12H2,(H,13,14,15);2*1H. The van der Waals surface area contributed by atoms with Crippen LogP contribution in [-0.4, -0.2) is 28.0 Å². The zero-order valence-electron chi connectivity index (χ0n) is 10.5. The number of fused-ring (bicyclic) bond motifs is 1. The lowest BCUT2D eigenvalue weighted by atomic mass is 10.2. The number of nitrogens with zero attached hydrogens (tertiary/aromatic N) is 3. The Kier molecular flexibility index (Phi) is 7.75. The fourth-order valence-corrected chi connectivity index (χ4v) is 1.61. The van der Waals surface area contributed by atoms with Crippen LogP contribution in [0.3, 0.4) is 0 Å². The molecule has 1 aromatic heterocycles. The molecule has 3 N–H and O–H groups in total. The van der Waals surface area contributed by atoms with E-state index in [0.29, 0.717) is 29.8 Å². The summed E-state index contributed by atoms with van der Waals surface area (Å²) in [4.78, 5) is 18.5. The topological polar surface area (TPSA) is 107 Å². The van der Waals surface area contributed by atoms with E-state index >= 15 is 0 Å². The third-order valence-corrected chi connectivity index (χ3v) is 2.50. The van der Waals surface area contributed by atoms with Gasteiger partial charge in [0.15, 0.2) is 0 Å². The van der Waals surface area contributed by atoms with Crippen molar-refractivity contribution in [3.63, 3.8) is 0 Å². The van der Waals surface area contributed by atoms with Crippen LogP contribution >= 0.6 is 24.8 Å². The molecule has 0 unspecified atom stereocenters. The van der Waals surface area contributed by atoms with E-state index in [-0.39, 0.29) is 30.5 Å². The van der Waals surface area contributed by atoms with Gasteiger partial charge in [0.25, 0.3) is 5.69 Å². The van der Waals surface area contributed by atoms with Crippen molar-refractivity contribution in [2.24, 2.45) is 5.73 Å². The van der Waals surface area contributed by atoms with Crippen molar-refractivity contribution in [1.82, 2.24) is 9.97 Å². The Morgan fingerprint density at radius 3 is 2.70 bits per heavy atom. The molecule has 0 aliphatic rings. The van der Waals surface area contributed by atoms with E-state index in [1.165, 1.54) is 18.5 Å². The van der Waals surface area contributed by atoms with E-state index in [9.17, 15) is 10.1 Å². The molecule has 0 spiro atoms. The zero-order chi connectivity index (χ0) is 13.0. The molecule has 0 aliphatic carbocycles. The van der Waals surface area contributed by atoms with Gasteiger partial charge in [0.2, 0.25) is 0 Å². The van der Waals surface area contributed by atoms with Crippen LogP contribution in [-0.2, 0) is 0 Å². The van der Waals surface area contributed by atoms with Gasteiger partial charge in [-0.1, -0.05) is 0 Å². The molecule has 110 valence electrons. The normalized spacial score (nSPS) is 9.45. The van der Waals surface area contributed by atoms with Gasteiger partial charge in [0, 0.05) is 24.1 Å². The van der Waals surface area contributed by atoms with E-state index in [4.69, 9.17) is 5.73 Å². The maximum atomic E-state index is 10.7. The molecule has 0 amide bonds. The van der Waals surface area contributed by atoms with Gasteiger partial charge in [0.05, 0.1) is 10.4 Å². The van der Waals surface area contributed by atoms with Gasteiger partial charge in [-0.3, -0.25) is 10.1 Å². The first-order valence-corrected chi connectivity index (χ1v) is 5.55. The number of aromatic nitrogens is 2. The van der Waals surface area contributed by atoms with E-state index in [1.54, 1.807) is 6.07 Å². The third-order valence-electron chi connectivity index (χ3n) is 2.50.